The first kappa shape index (κ1) is 24.1. The van der Waals surface area contributed by atoms with Gasteiger partial charge in [-0.05, 0) is 55.5 Å². The van der Waals surface area contributed by atoms with Crippen LogP contribution >= 0.6 is 11.3 Å². The van der Waals surface area contributed by atoms with Crippen molar-refractivity contribution in [3.8, 4) is 16.3 Å². The molecule has 1 amide bonds. The zero-order chi connectivity index (χ0) is 24.2. The standard InChI is InChI=1S/C25H26N2O5S/c1-15(21(28)16-6-10-18(11-7-16)26-24(30)25(2,3)4)32-23(29)20-14-33-22(27-20)17-8-12-19(31-5)13-9-17/h6-15H,1-5H3,(H,26,30). The van der Waals surface area contributed by atoms with Crippen molar-refractivity contribution in [1.29, 1.82) is 0 Å². The van der Waals surface area contributed by atoms with Crippen LogP contribution < -0.4 is 10.1 Å². The highest BCUT2D eigenvalue weighted by Gasteiger charge is 2.23. The van der Waals surface area contributed by atoms with Crippen molar-refractivity contribution in [1.82, 2.24) is 4.98 Å². The maximum absolute atomic E-state index is 12.7. The molecule has 1 aromatic heterocycles. The number of benzene rings is 2. The number of amides is 1. The predicted molar refractivity (Wildman–Crippen MR) is 128 cm³/mol. The third-order valence-corrected chi connectivity index (χ3v) is 5.70. The molecule has 1 unspecified atom stereocenters. The van der Waals surface area contributed by atoms with Crippen LogP contribution in [0.15, 0.2) is 53.9 Å². The topological polar surface area (TPSA) is 94.6 Å². The van der Waals surface area contributed by atoms with Gasteiger partial charge in [-0.25, -0.2) is 9.78 Å². The third kappa shape index (κ3) is 6.04. The van der Waals surface area contributed by atoms with Gasteiger partial charge in [0.25, 0.3) is 0 Å². The Morgan fingerprint density at radius 3 is 2.21 bits per heavy atom. The van der Waals surface area contributed by atoms with Crippen molar-refractivity contribution < 1.29 is 23.9 Å². The average molecular weight is 467 g/mol. The number of methoxy groups -OCH3 is 1. The average Bonchev–Trinajstić information content (AvgIpc) is 3.29. The summed E-state index contributed by atoms with van der Waals surface area (Å²) in [6, 6.07) is 13.8. The minimum Gasteiger partial charge on any atom is -0.497 e. The smallest absolute Gasteiger partial charge is 0.358 e. The lowest BCUT2D eigenvalue weighted by molar-refractivity contribution is -0.123. The number of nitrogens with zero attached hydrogens (tertiary/aromatic N) is 1. The van der Waals surface area contributed by atoms with Crippen LogP contribution in [0.1, 0.15) is 48.5 Å². The molecule has 3 aromatic rings. The van der Waals surface area contributed by atoms with Gasteiger partial charge in [0, 0.05) is 27.6 Å². The molecule has 1 atom stereocenters. The van der Waals surface area contributed by atoms with Gasteiger partial charge in [-0.3, -0.25) is 9.59 Å². The second kappa shape index (κ2) is 9.95. The van der Waals surface area contributed by atoms with Crippen molar-refractivity contribution in [2.75, 3.05) is 12.4 Å². The largest absolute Gasteiger partial charge is 0.497 e. The Morgan fingerprint density at radius 2 is 1.64 bits per heavy atom. The molecule has 3 rings (SSSR count). The second-order valence-electron chi connectivity index (χ2n) is 8.46. The van der Waals surface area contributed by atoms with E-state index in [9.17, 15) is 14.4 Å². The fourth-order valence-electron chi connectivity index (χ4n) is 2.78. The highest BCUT2D eigenvalue weighted by molar-refractivity contribution is 7.13. The summed E-state index contributed by atoms with van der Waals surface area (Å²) in [5.41, 5.74) is 1.43. The lowest BCUT2D eigenvalue weighted by Crippen LogP contribution is -2.27. The number of ketones is 1. The lowest BCUT2D eigenvalue weighted by atomic mass is 9.95. The highest BCUT2D eigenvalue weighted by atomic mass is 32.1. The normalized spacial score (nSPS) is 12.0. The SMILES string of the molecule is COc1ccc(-c2nc(C(=O)OC(C)C(=O)c3ccc(NC(=O)C(C)(C)C)cc3)cs2)cc1. The predicted octanol–water partition coefficient (Wildman–Crippen LogP) is 5.23. The summed E-state index contributed by atoms with van der Waals surface area (Å²) in [5.74, 6) is -0.406. The Bertz CT molecular complexity index is 1140. The van der Waals surface area contributed by atoms with E-state index in [-0.39, 0.29) is 17.4 Å². The van der Waals surface area contributed by atoms with E-state index >= 15 is 0 Å². The fraction of sp³-hybridized carbons (Fsp3) is 0.280. The van der Waals surface area contributed by atoms with Gasteiger partial charge >= 0.3 is 5.97 Å². The van der Waals surface area contributed by atoms with Crippen LogP contribution in [0.5, 0.6) is 5.75 Å². The summed E-state index contributed by atoms with van der Waals surface area (Å²) >= 11 is 1.31. The van der Waals surface area contributed by atoms with Crippen molar-refractivity contribution in [2.24, 2.45) is 5.41 Å². The van der Waals surface area contributed by atoms with Crippen LogP contribution in [0, 0.1) is 5.41 Å². The number of hydrogen-bond acceptors (Lipinski definition) is 7. The number of ether oxygens (including phenoxy) is 2. The molecule has 0 aliphatic carbocycles. The molecule has 1 heterocycles. The fourth-order valence-corrected chi connectivity index (χ4v) is 3.57. The van der Waals surface area contributed by atoms with Gasteiger partial charge in [0.15, 0.2) is 11.8 Å². The van der Waals surface area contributed by atoms with E-state index in [1.807, 2.05) is 45.0 Å². The van der Waals surface area contributed by atoms with Crippen LogP contribution in [0.2, 0.25) is 0 Å². The van der Waals surface area contributed by atoms with Gasteiger partial charge in [0.05, 0.1) is 7.11 Å². The number of nitrogens with one attached hydrogen (secondary N) is 1. The lowest BCUT2D eigenvalue weighted by Gasteiger charge is -2.18. The van der Waals surface area contributed by atoms with Crippen LogP contribution in [0.3, 0.4) is 0 Å². The first-order valence-electron chi connectivity index (χ1n) is 10.3. The number of Topliss-reactive ketones (excluding diaryl/α,β-unsaturated/α-hetero) is 1. The molecule has 0 spiro atoms. The van der Waals surface area contributed by atoms with E-state index in [1.165, 1.54) is 18.3 Å². The molecule has 0 saturated heterocycles. The van der Waals surface area contributed by atoms with E-state index < -0.39 is 17.5 Å². The molecule has 0 saturated carbocycles. The maximum atomic E-state index is 12.7. The van der Waals surface area contributed by atoms with Crippen LogP contribution in [0.4, 0.5) is 5.69 Å². The van der Waals surface area contributed by atoms with Gasteiger partial charge in [0.2, 0.25) is 11.7 Å². The van der Waals surface area contributed by atoms with E-state index in [0.29, 0.717) is 16.3 Å². The van der Waals surface area contributed by atoms with Crippen molar-refractivity contribution >= 4 is 34.7 Å². The molecule has 1 N–H and O–H groups in total. The zero-order valence-corrected chi connectivity index (χ0v) is 20.0. The summed E-state index contributed by atoms with van der Waals surface area (Å²) < 4.78 is 10.5. The number of carbonyl (C=O) groups excluding carboxylic acids is 3. The van der Waals surface area contributed by atoms with Crippen LogP contribution in [-0.4, -0.2) is 35.9 Å². The summed E-state index contributed by atoms with van der Waals surface area (Å²) in [4.78, 5) is 41.6. The second-order valence-corrected chi connectivity index (χ2v) is 9.32. The van der Waals surface area contributed by atoms with E-state index in [2.05, 4.69) is 10.3 Å². The summed E-state index contributed by atoms with van der Waals surface area (Å²) in [5, 5.41) is 5.07. The molecular formula is C25H26N2O5S. The summed E-state index contributed by atoms with van der Waals surface area (Å²) in [7, 11) is 1.59. The Morgan fingerprint density at radius 1 is 1.00 bits per heavy atom. The first-order chi connectivity index (χ1) is 15.6. The van der Waals surface area contributed by atoms with Gasteiger partial charge in [-0.2, -0.15) is 0 Å². The van der Waals surface area contributed by atoms with Gasteiger partial charge in [0.1, 0.15) is 10.8 Å². The molecule has 33 heavy (non-hydrogen) atoms. The Labute approximate surface area is 196 Å². The monoisotopic (exact) mass is 466 g/mol. The van der Waals surface area contributed by atoms with Gasteiger partial charge in [-0.15, -0.1) is 11.3 Å². The molecule has 0 aliphatic heterocycles. The number of carbonyl (C=O) groups is 3. The van der Waals surface area contributed by atoms with Crippen molar-refractivity contribution in [3.05, 3.63) is 65.2 Å². The molecule has 2 aromatic carbocycles. The Hall–Kier alpha value is -3.52. The molecule has 0 aliphatic rings. The summed E-state index contributed by atoms with van der Waals surface area (Å²) in [6.07, 6.45) is -0.987. The molecule has 0 bridgehead atoms. The molecular weight excluding hydrogens is 440 g/mol. The molecule has 8 heteroatoms. The van der Waals surface area contributed by atoms with Gasteiger partial charge in [-0.1, -0.05) is 20.8 Å². The van der Waals surface area contributed by atoms with Crippen LogP contribution in [0.25, 0.3) is 10.6 Å². The molecule has 0 fully saturated rings. The van der Waals surface area contributed by atoms with Crippen molar-refractivity contribution in [3.63, 3.8) is 0 Å². The number of anilines is 1. The Kier molecular flexibility index (Phi) is 7.28. The minimum absolute atomic E-state index is 0.124. The Balaban J connectivity index is 1.62. The number of rotatable bonds is 7. The number of hydrogen-bond donors (Lipinski definition) is 1. The number of thiazole rings is 1. The van der Waals surface area contributed by atoms with Crippen molar-refractivity contribution in [2.45, 2.75) is 33.8 Å². The van der Waals surface area contributed by atoms with Crippen LogP contribution in [-0.2, 0) is 9.53 Å². The number of esters is 1. The first-order valence-corrected chi connectivity index (χ1v) is 11.2. The van der Waals surface area contributed by atoms with E-state index in [0.717, 1.165) is 11.3 Å². The van der Waals surface area contributed by atoms with Gasteiger partial charge < -0.3 is 14.8 Å². The maximum Gasteiger partial charge on any atom is 0.358 e. The summed E-state index contributed by atoms with van der Waals surface area (Å²) in [6.45, 7) is 6.97. The third-order valence-electron chi connectivity index (χ3n) is 4.81. The van der Waals surface area contributed by atoms with E-state index in [1.54, 1.807) is 36.8 Å². The molecule has 7 nitrogen and oxygen atoms in total. The highest BCUT2D eigenvalue weighted by Crippen LogP contribution is 2.26. The molecule has 172 valence electrons. The van der Waals surface area contributed by atoms with E-state index in [4.69, 9.17) is 9.47 Å². The quantitative estimate of drug-likeness (QED) is 0.378. The minimum atomic E-state index is -0.987. The molecule has 0 radical (unpaired) electrons. The zero-order valence-electron chi connectivity index (χ0n) is 19.2. The number of aromatic nitrogens is 1.